The maximum atomic E-state index is 12.5. The summed E-state index contributed by atoms with van der Waals surface area (Å²) in [4.78, 5) is 26.8. The molecule has 1 amide bonds. The zero-order valence-corrected chi connectivity index (χ0v) is 15.8. The number of ether oxygens (including phenoxy) is 2. The van der Waals surface area contributed by atoms with E-state index >= 15 is 0 Å². The van der Waals surface area contributed by atoms with Crippen LogP contribution >= 0.6 is 0 Å². The zero-order chi connectivity index (χ0) is 19.2. The molecule has 1 aromatic heterocycles. The quantitative estimate of drug-likeness (QED) is 0.687. The molecule has 1 heterocycles. The molecule has 6 nitrogen and oxygen atoms in total. The number of esters is 1. The molecule has 3 rings (SSSR count). The predicted octanol–water partition coefficient (Wildman–Crippen LogP) is 4.04. The number of nitrogens with zero attached hydrogens (tertiary/aromatic N) is 1. The average Bonchev–Trinajstić information content (AvgIpc) is 3.07. The second-order valence-electron chi connectivity index (χ2n) is 6.49. The number of carbonyl (C=O) groups is 2. The lowest BCUT2D eigenvalue weighted by Crippen LogP contribution is -2.34. The first-order valence-corrected chi connectivity index (χ1v) is 9.31. The van der Waals surface area contributed by atoms with Gasteiger partial charge >= 0.3 is 5.97 Å². The third-order valence-electron chi connectivity index (χ3n) is 4.73. The first-order chi connectivity index (χ1) is 13.2. The largest absolute Gasteiger partial charge is 0.450 e. The van der Waals surface area contributed by atoms with Crippen molar-refractivity contribution in [3.8, 4) is 0 Å². The molecule has 0 radical (unpaired) electrons. The summed E-state index contributed by atoms with van der Waals surface area (Å²) < 4.78 is 16.1. The van der Waals surface area contributed by atoms with E-state index in [-0.39, 0.29) is 24.9 Å². The lowest BCUT2D eigenvalue weighted by Gasteiger charge is -2.26. The number of fused-ring (bicyclic) bond motifs is 1. The molecular formula is C21H25NO5. The third kappa shape index (κ3) is 4.22. The summed E-state index contributed by atoms with van der Waals surface area (Å²) in [5.41, 5.74) is 2.24. The molecule has 0 unspecified atom stereocenters. The number of furan rings is 1. The molecule has 0 atom stereocenters. The summed E-state index contributed by atoms with van der Waals surface area (Å²) in [5.74, 6) is -0.783. The van der Waals surface area contributed by atoms with Crippen LogP contribution in [0.15, 0.2) is 40.5 Å². The molecule has 1 aliphatic carbocycles. The SMILES string of the molecule is CCN(C(=O)COC(=O)c1oc2ccccc2c1COC)C1=CCCCC1. The molecule has 0 fully saturated rings. The summed E-state index contributed by atoms with van der Waals surface area (Å²) >= 11 is 0. The van der Waals surface area contributed by atoms with Crippen LogP contribution in [0.4, 0.5) is 0 Å². The fraction of sp³-hybridized carbons (Fsp3) is 0.429. The highest BCUT2D eigenvalue weighted by atomic mass is 16.5. The monoisotopic (exact) mass is 371 g/mol. The molecule has 0 saturated heterocycles. The molecule has 27 heavy (non-hydrogen) atoms. The van der Waals surface area contributed by atoms with Crippen LogP contribution < -0.4 is 0 Å². The molecule has 0 spiro atoms. The number of para-hydroxylation sites is 1. The Morgan fingerprint density at radius 1 is 1.22 bits per heavy atom. The summed E-state index contributed by atoms with van der Waals surface area (Å²) in [7, 11) is 1.55. The second-order valence-corrected chi connectivity index (χ2v) is 6.49. The summed E-state index contributed by atoms with van der Waals surface area (Å²) in [6, 6.07) is 7.35. The molecule has 1 aliphatic rings. The Hall–Kier alpha value is -2.60. The van der Waals surface area contributed by atoms with Gasteiger partial charge in [-0.1, -0.05) is 24.3 Å². The second kappa shape index (κ2) is 8.86. The minimum absolute atomic E-state index is 0.0887. The van der Waals surface area contributed by atoms with Crippen LogP contribution in [0, 0.1) is 0 Å². The van der Waals surface area contributed by atoms with Gasteiger partial charge in [0.05, 0.1) is 6.61 Å². The molecule has 0 aliphatic heterocycles. The Balaban J connectivity index is 1.72. The Morgan fingerprint density at radius 2 is 2.04 bits per heavy atom. The highest BCUT2D eigenvalue weighted by Crippen LogP contribution is 2.27. The lowest BCUT2D eigenvalue weighted by atomic mass is 10.0. The highest BCUT2D eigenvalue weighted by molar-refractivity contribution is 5.97. The minimum atomic E-state index is -0.653. The standard InChI is InChI=1S/C21H25NO5/c1-3-22(15-9-5-4-6-10-15)19(23)14-26-21(24)20-17(13-25-2)16-11-7-8-12-18(16)27-20/h7-9,11-12H,3-6,10,13-14H2,1-2H3. The van der Waals surface area contributed by atoms with Crippen molar-refractivity contribution in [2.75, 3.05) is 20.3 Å². The lowest BCUT2D eigenvalue weighted by molar-refractivity contribution is -0.132. The van der Waals surface area contributed by atoms with Gasteiger partial charge in [-0.05, 0) is 38.7 Å². The van der Waals surface area contributed by atoms with E-state index in [1.807, 2.05) is 25.1 Å². The van der Waals surface area contributed by atoms with Gasteiger partial charge < -0.3 is 18.8 Å². The zero-order valence-electron chi connectivity index (χ0n) is 15.8. The fourth-order valence-electron chi connectivity index (χ4n) is 3.43. The van der Waals surface area contributed by atoms with Crippen molar-refractivity contribution in [3.05, 3.63) is 47.4 Å². The van der Waals surface area contributed by atoms with Gasteiger partial charge in [-0.25, -0.2) is 4.79 Å². The van der Waals surface area contributed by atoms with E-state index in [1.165, 1.54) is 0 Å². The van der Waals surface area contributed by atoms with E-state index in [9.17, 15) is 9.59 Å². The first-order valence-electron chi connectivity index (χ1n) is 9.31. The van der Waals surface area contributed by atoms with Gasteiger partial charge in [0.25, 0.3) is 5.91 Å². The number of hydrogen-bond donors (Lipinski definition) is 0. The summed E-state index contributed by atoms with van der Waals surface area (Å²) in [5, 5.41) is 0.806. The molecular weight excluding hydrogens is 346 g/mol. The number of rotatable bonds is 7. The molecule has 0 N–H and O–H groups in total. The fourth-order valence-corrected chi connectivity index (χ4v) is 3.43. The summed E-state index contributed by atoms with van der Waals surface area (Å²) in [6.45, 7) is 2.39. The van der Waals surface area contributed by atoms with Crippen LogP contribution in [0.5, 0.6) is 0 Å². The maximum Gasteiger partial charge on any atom is 0.375 e. The normalized spacial score (nSPS) is 14.1. The number of methoxy groups -OCH3 is 1. The van der Waals surface area contributed by atoms with Crippen LogP contribution in [0.1, 0.15) is 48.7 Å². The van der Waals surface area contributed by atoms with E-state index in [2.05, 4.69) is 6.08 Å². The third-order valence-corrected chi connectivity index (χ3v) is 4.73. The molecule has 0 bridgehead atoms. The van der Waals surface area contributed by atoms with Gasteiger partial charge in [0.15, 0.2) is 6.61 Å². The van der Waals surface area contributed by atoms with Gasteiger partial charge in [-0.2, -0.15) is 0 Å². The molecule has 1 aromatic carbocycles. The minimum Gasteiger partial charge on any atom is -0.450 e. The number of allylic oxidation sites excluding steroid dienone is 2. The Bertz CT molecular complexity index is 851. The van der Waals surface area contributed by atoms with Crippen molar-refractivity contribution < 1.29 is 23.5 Å². The van der Waals surface area contributed by atoms with Gasteiger partial charge in [-0.3, -0.25) is 4.79 Å². The molecule has 2 aromatic rings. The molecule has 0 saturated carbocycles. The van der Waals surface area contributed by atoms with E-state index < -0.39 is 5.97 Å². The molecule has 6 heteroatoms. The van der Waals surface area contributed by atoms with E-state index in [1.54, 1.807) is 18.1 Å². The molecule has 144 valence electrons. The van der Waals surface area contributed by atoms with E-state index in [4.69, 9.17) is 13.9 Å². The smallest absolute Gasteiger partial charge is 0.375 e. The van der Waals surface area contributed by atoms with Crippen molar-refractivity contribution >= 4 is 22.8 Å². The van der Waals surface area contributed by atoms with Gasteiger partial charge in [0.2, 0.25) is 5.76 Å². The Kier molecular flexibility index (Phi) is 6.29. The number of benzene rings is 1. The van der Waals surface area contributed by atoms with E-state index in [0.29, 0.717) is 17.7 Å². The highest BCUT2D eigenvalue weighted by Gasteiger charge is 2.24. The van der Waals surface area contributed by atoms with Gasteiger partial charge in [0.1, 0.15) is 5.58 Å². The number of carbonyl (C=O) groups excluding carboxylic acids is 2. The van der Waals surface area contributed by atoms with Crippen molar-refractivity contribution in [1.82, 2.24) is 4.90 Å². The van der Waals surface area contributed by atoms with Crippen molar-refractivity contribution in [2.24, 2.45) is 0 Å². The average molecular weight is 371 g/mol. The van der Waals surface area contributed by atoms with Crippen LogP contribution in [0.25, 0.3) is 11.0 Å². The number of likely N-dealkylation sites (N-methyl/N-ethyl adjacent to an activating group) is 1. The van der Waals surface area contributed by atoms with Crippen molar-refractivity contribution in [1.29, 1.82) is 0 Å². The maximum absolute atomic E-state index is 12.5. The van der Waals surface area contributed by atoms with Crippen LogP contribution in [0.3, 0.4) is 0 Å². The van der Waals surface area contributed by atoms with Gasteiger partial charge in [0, 0.05) is 30.3 Å². The van der Waals surface area contributed by atoms with Crippen LogP contribution in [-0.4, -0.2) is 37.0 Å². The van der Waals surface area contributed by atoms with Gasteiger partial charge in [-0.15, -0.1) is 0 Å². The van der Waals surface area contributed by atoms with Crippen molar-refractivity contribution in [3.63, 3.8) is 0 Å². The number of amides is 1. The first kappa shape index (κ1) is 19.2. The predicted molar refractivity (Wildman–Crippen MR) is 101 cm³/mol. The van der Waals surface area contributed by atoms with Crippen molar-refractivity contribution in [2.45, 2.75) is 39.2 Å². The van der Waals surface area contributed by atoms with E-state index in [0.717, 1.165) is 36.8 Å². The summed E-state index contributed by atoms with van der Waals surface area (Å²) in [6.07, 6.45) is 6.20. The number of hydrogen-bond acceptors (Lipinski definition) is 5. The topological polar surface area (TPSA) is 69.0 Å². The Labute approximate surface area is 158 Å². The van der Waals surface area contributed by atoms with Crippen LogP contribution in [0.2, 0.25) is 0 Å². The van der Waals surface area contributed by atoms with Crippen LogP contribution in [-0.2, 0) is 20.9 Å². The Morgan fingerprint density at radius 3 is 2.74 bits per heavy atom.